The lowest BCUT2D eigenvalue weighted by molar-refractivity contribution is -0.140. The number of anilines is 1. The number of pyridine rings is 1. The highest BCUT2D eigenvalue weighted by molar-refractivity contribution is 6.32. The molecular formula is C34H26ClF3N2O4. The van der Waals surface area contributed by atoms with Crippen LogP contribution in [0.5, 0.6) is 5.75 Å². The van der Waals surface area contributed by atoms with Gasteiger partial charge >= 0.3 is 12.1 Å². The summed E-state index contributed by atoms with van der Waals surface area (Å²) in [7, 11) is 1.53. The minimum atomic E-state index is -4.63. The number of aliphatic carboxylic acids is 1. The largest absolute Gasteiger partial charge is 0.497 e. The van der Waals surface area contributed by atoms with Crippen LogP contribution < -0.4 is 15.2 Å². The molecule has 1 aliphatic rings. The number of nitrogens with zero attached hydrogens (tertiary/aromatic N) is 2. The summed E-state index contributed by atoms with van der Waals surface area (Å²) in [6.45, 7) is 0.145. The lowest BCUT2D eigenvalue weighted by atomic mass is 9.91. The Morgan fingerprint density at radius 1 is 1.00 bits per heavy atom. The van der Waals surface area contributed by atoms with Crippen LogP contribution in [-0.4, -0.2) is 29.3 Å². The summed E-state index contributed by atoms with van der Waals surface area (Å²) >= 11 is 6.82. The Balaban J connectivity index is 1.67. The molecule has 1 aliphatic heterocycles. The zero-order valence-electron chi connectivity index (χ0n) is 23.4. The predicted octanol–water partition coefficient (Wildman–Crippen LogP) is 7.59. The van der Waals surface area contributed by atoms with Gasteiger partial charge in [0.2, 0.25) is 0 Å². The Morgan fingerprint density at radius 3 is 2.43 bits per heavy atom. The van der Waals surface area contributed by atoms with Crippen molar-refractivity contribution in [2.24, 2.45) is 0 Å². The van der Waals surface area contributed by atoms with E-state index in [9.17, 15) is 27.9 Å². The first kappa shape index (κ1) is 29.3. The monoisotopic (exact) mass is 618 g/mol. The fraction of sp³-hybridized carbons (Fsp3) is 0.176. The smallest absolute Gasteiger partial charge is 0.416 e. The van der Waals surface area contributed by atoms with E-state index in [0.717, 1.165) is 38.6 Å². The van der Waals surface area contributed by atoms with Crippen molar-refractivity contribution in [3.63, 3.8) is 0 Å². The SMILES string of the molecule is COc1cc(Cc2c(-c3cccc(C(F)(F)F)c3)c3n(c(=O)c2Cl)C(C(=O)O)CN3Cc2ccccc2)c2ccccc2c1. The van der Waals surface area contributed by atoms with Crippen molar-refractivity contribution in [2.45, 2.75) is 25.2 Å². The van der Waals surface area contributed by atoms with Crippen molar-refractivity contribution in [1.29, 1.82) is 0 Å². The third-order valence-corrected chi connectivity index (χ3v) is 8.32. The Hall–Kier alpha value is -4.76. The second kappa shape index (κ2) is 11.4. The van der Waals surface area contributed by atoms with Crippen LogP contribution in [0.1, 0.15) is 28.3 Å². The van der Waals surface area contributed by atoms with Gasteiger partial charge in [0.25, 0.3) is 5.56 Å². The van der Waals surface area contributed by atoms with Crippen LogP contribution in [0.2, 0.25) is 5.02 Å². The van der Waals surface area contributed by atoms with E-state index in [1.54, 1.807) is 11.0 Å². The zero-order chi connectivity index (χ0) is 31.2. The first-order chi connectivity index (χ1) is 21.1. The number of carbonyl (C=O) groups is 1. The standard InChI is InChI=1S/C34H26ClF3N2O4/c1-44-25-15-21-10-5-6-13-26(21)23(16-25)17-27-29(22-11-7-12-24(14-22)34(36,37)38)31-39(18-20-8-3-2-4-9-20)19-28(33(42)43)40(31)32(41)30(27)35/h2-16,28H,17-19H2,1H3,(H,42,43). The summed E-state index contributed by atoms with van der Waals surface area (Å²) in [4.78, 5) is 28.1. The quantitative estimate of drug-likeness (QED) is 0.204. The minimum Gasteiger partial charge on any atom is -0.497 e. The molecule has 1 atom stereocenters. The molecule has 4 aromatic carbocycles. The number of hydrogen-bond acceptors (Lipinski definition) is 4. The molecule has 1 aromatic heterocycles. The van der Waals surface area contributed by atoms with E-state index in [-0.39, 0.29) is 41.5 Å². The second-order valence-electron chi connectivity index (χ2n) is 10.6. The minimum absolute atomic E-state index is 0.0715. The number of carboxylic acids is 1. The Bertz CT molecular complexity index is 1960. The Kier molecular flexibility index (Phi) is 7.59. The van der Waals surface area contributed by atoms with Crippen molar-refractivity contribution >= 4 is 34.2 Å². The van der Waals surface area contributed by atoms with Crippen LogP contribution in [0.25, 0.3) is 21.9 Å². The highest BCUT2D eigenvalue weighted by atomic mass is 35.5. The molecule has 6 rings (SSSR count). The molecule has 0 amide bonds. The van der Waals surface area contributed by atoms with Gasteiger partial charge in [-0.15, -0.1) is 0 Å². The van der Waals surface area contributed by atoms with Crippen LogP contribution in [-0.2, 0) is 23.9 Å². The third kappa shape index (κ3) is 5.28. The van der Waals surface area contributed by atoms with E-state index < -0.39 is 29.3 Å². The molecule has 0 fully saturated rings. The number of ether oxygens (including phenoxy) is 1. The number of hydrogen-bond donors (Lipinski definition) is 1. The zero-order valence-corrected chi connectivity index (χ0v) is 24.2. The van der Waals surface area contributed by atoms with Crippen molar-refractivity contribution in [3.8, 4) is 16.9 Å². The van der Waals surface area contributed by atoms with Crippen LogP contribution >= 0.6 is 11.6 Å². The molecule has 224 valence electrons. The molecule has 0 aliphatic carbocycles. The number of rotatable bonds is 7. The van der Waals surface area contributed by atoms with Gasteiger partial charge in [0.1, 0.15) is 16.6 Å². The lowest BCUT2D eigenvalue weighted by Gasteiger charge is -2.25. The number of alkyl halides is 3. The average molecular weight is 619 g/mol. The van der Waals surface area contributed by atoms with Gasteiger partial charge in [-0.2, -0.15) is 13.2 Å². The maximum Gasteiger partial charge on any atom is 0.416 e. The normalized spacial score (nSPS) is 14.6. The molecule has 1 N–H and O–H groups in total. The lowest BCUT2D eigenvalue weighted by Crippen LogP contribution is -2.29. The van der Waals surface area contributed by atoms with Crippen LogP contribution in [0.15, 0.2) is 95.8 Å². The van der Waals surface area contributed by atoms with E-state index in [1.165, 1.54) is 19.2 Å². The Morgan fingerprint density at radius 2 is 1.73 bits per heavy atom. The third-order valence-electron chi connectivity index (χ3n) is 7.93. The van der Waals surface area contributed by atoms with Crippen molar-refractivity contribution < 1.29 is 27.8 Å². The summed E-state index contributed by atoms with van der Waals surface area (Å²) in [5.41, 5.74) is 0.706. The predicted molar refractivity (Wildman–Crippen MR) is 164 cm³/mol. The van der Waals surface area contributed by atoms with Gasteiger partial charge in [-0.05, 0) is 57.3 Å². The highest BCUT2D eigenvalue weighted by Gasteiger charge is 2.39. The van der Waals surface area contributed by atoms with Crippen LogP contribution in [0.3, 0.4) is 0 Å². The van der Waals surface area contributed by atoms with Gasteiger partial charge in [-0.25, -0.2) is 4.79 Å². The van der Waals surface area contributed by atoms with Gasteiger partial charge in [-0.1, -0.05) is 78.3 Å². The molecule has 44 heavy (non-hydrogen) atoms. The first-order valence-corrected chi connectivity index (χ1v) is 14.2. The fourth-order valence-corrected chi connectivity index (χ4v) is 6.19. The molecule has 0 spiro atoms. The van der Waals surface area contributed by atoms with Gasteiger partial charge in [0.05, 0.1) is 19.2 Å². The van der Waals surface area contributed by atoms with E-state index in [4.69, 9.17) is 16.3 Å². The molecule has 10 heteroatoms. The molecule has 1 unspecified atom stereocenters. The van der Waals surface area contributed by atoms with Crippen LogP contribution in [0, 0.1) is 0 Å². The number of methoxy groups -OCH3 is 1. The van der Waals surface area contributed by atoms with Gasteiger partial charge in [0.15, 0.2) is 6.04 Å². The van der Waals surface area contributed by atoms with Gasteiger partial charge in [-0.3, -0.25) is 9.36 Å². The topological polar surface area (TPSA) is 71.8 Å². The number of halogens is 4. The van der Waals surface area contributed by atoms with Crippen molar-refractivity contribution in [2.75, 3.05) is 18.6 Å². The van der Waals surface area contributed by atoms with Gasteiger partial charge < -0.3 is 14.7 Å². The molecule has 5 aromatic rings. The van der Waals surface area contributed by atoms with Crippen LogP contribution in [0.4, 0.5) is 19.0 Å². The summed E-state index contributed by atoms with van der Waals surface area (Å²) in [5.74, 6) is -0.483. The molecule has 0 saturated carbocycles. The van der Waals surface area contributed by atoms with Crippen molar-refractivity contribution in [1.82, 2.24) is 4.57 Å². The first-order valence-electron chi connectivity index (χ1n) is 13.8. The number of carboxylic acid groups (broad SMARTS) is 1. The summed E-state index contributed by atoms with van der Waals surface area (Å²) in [6.07, 6.45) is -4.56. The second-order valence-corrected chi connectivity index (χ2v) is 11.0. The maximum atomic E-state index is 14.0. The highest BCUT2D eigenvalue weighted by Crippen LogP contribution is 2.44. The Labute approximate surface area is 255 Å². The summed E-state index contributed by atoms with van der Waals surface area (Å²) < 4.78 is 48.5. The molecule has 6 nitrogen and oxygen atoms in total. The molecule has 2 heterocycles. The van der Waals surface area contributed by atoms with Gasteiger partial charge in [0, 0.05) is 18.5 Å². The average Bonchev–Trinajstić information content (AvgIpc) is 3.39. The molecule has 0 bridgehead atoms. The van der Waals surface area contributed by atoms with Crippen molar-refractivity contribution in [3.05, 3.63) is 129 Å². The summed E-state index contributed by atoms with van der Waals surface area (Å²) in [5, 5.41) is 11.6. The number of aromatic nitrogens is 1. The fourth-order valence-electron chi connectivity index (χ4n) is 5.94. The molecule has 0 saturated heterocycles. The van der Waals surface area contributed by atoms with E-state index >= 15 is 0 Å². The van der Waals surface area contributed by atoms with E-state index in [1.807, 2.05) is 60.7 Å². The van der Waals surface area contributed by atoms with E-state index in [0.29, 0.717) is 11.3 Å². The van der Waals surface area contributed by atoms with E-state index in [2.05, 4.69) is 0 Å². The molecule has 0 radical (unpaired) electrons. The summed E-state index contributed by atoms with van der Waals surface area (Å²) in [6, 6.07) is 24.0. The maximum absolute atomic E-state index is 14.0. The number of benzene rings is 4. The molecular weight excluding hydrogens is 593 g/mol. The number of fused-ring (bicyclic) bond motifs is 2.